The van der Waals surface area contributed by atoms with Crippen molar-refractivity contribution in [2.24, 2.45) is 0 Å². The number of methoxy groups -OCH3 is 1. The fourth-order valence-corrected chi connectivity index (χ4v) is 4.20. The van der Waals surface area contributed by atoms with Gasteiger partial charge in [-0.25, -0.2) is 9.18 Å². The van der Waals surface area contributed by atoms with Crippen molar-refractivity contribution < 1.29 is 23.5 Å². The average Bonchev–Trinajstić information content (AvgIpc) is 2.96. The lowest BCUT2D eigenvalue weighted by Gasteiger charge is -2.38. The third kappa shape index (κ3) is 4.55. The minimum absolute atomic E-state index is 0.0506. The Labute approximate surface area is 164 Å². The molecule has 0 aliphatic carbocycles. The Balaban J connectivity index is 1.42. The monoisotopic (exact) mass is 393 g/mol. The van der Waals surface area contributed by atoms with Crippen molar-refractivity contribution in [3.05, 3.63) is 29.6 Å². The highest BCUT2D eigenvalue weighted by Crippen LogP contribution is 2.36. The van der Waals surface area contributed by atoms with Crippen molar-refractivity contribution in [2.75, 3.05) is 26.8 Å². The van der Waals surface area contributed by atoms with Crippen molar-refractivity contribution in [3.63, 3.8) is 0 Å². The summed E-state index contributed by atoms with van der Waals surface area (Å²) in [6, 6.07) is 4.84. The Hall–Kier alpha value is -2.35. The summed E-state index contributed by atoms with van der Waals surface area (Å²) >= 11 is 0. The summed E-state index contributed by atoms with van der Waals surface area (Å²) in [6.07, 6.45) is 3.64. The van der Waals surface area contributed by atoms with Gasteiger partial charge in [0.1, 0.15) is 0 Å². The molecule has 1 aromatic rings. The molecule has 2 amide bonds. The van der Waals surface area contributed by atoms with Gasteiger partial charge in [0.15, 0.2) is 11.6 Å². The number of benzene rings is 1. The van der Waals surface area contributed by atoms with E-state index in [4.69, 9.17) is 9.47 Å². The predicted molar refractivity (Wildman–Crippen MR) is 102 cm³/mol. The van der Waals surface area contributed by atoms with Gasteiger partial charge in [-0.05, 0) is 50.8 Å². The van der Waals surface area contributed by atoms with Crippen molar-refractivity contribution in [2.45, 2.75) is 50.7 Å². The van der Waals surface area contributed by atoms with Gasteiger partial charge in [0.05, 0.1) is 13.7 Å². The number of nitrogens with zero attached hydrogens (tertiary/aromatic N) is 1. The maximum atomic E-state index is 13.4. The van der Waals surface area contributed by atoms with Crippen molar-refractivity contribution in [1.29, 1.82) is 0 Å². The van der Waals surface area contributed by atoms with Crippen LogP contribution in [0.1, 0.15) is 43.0 Å². The highest BCUT2D eigenvalue weighted by molar-refractivity contribution is 5.94. The smallest absolute Gasteiger partial charge is 0.410 e. The summed E-state index contributed by atoms with van der Waals surface area (Å²) in [5, 5.41) is 6.30. The largest absolute Gasteiger partial charge is 0.494 e. The molecule has 0 saturated carbocycles. The van der Waals surface area contributed by atoms with Crippen LogP contribution in [0.15, 0.2) is 18.2 Å². The van der Waals surface area contributed by atoms with Gasteiger partial charge in [-0.2, -0.15) is 0 Å². The van der Waals surface area contributed by atoms with E-state index >= 15 is 0 Å². The third-order valence-electron chi connectivity index (χ3n) is 5.47. The van der Waals surface area contributed by atoms with Crippen LogP contribution in [0.2, 0.25) is 0 Å². The SMILES string of the molecule is CCOC(=O)N1C2CCC1CC(NCCNC(=O)c1ccc(F)c(OC)c1)C2. The summed E-state index contributed by atoms with van der Waals surface area (Å²) in [7, 11) is 1.37. The van der Waals surface area contributed by atoms with Gasteiger partial charge in [-0.15, -0.1) is 0 Å². The molecule has 7 nitrogen and oxygen atoms in total. The molecule has 8 heteroatoms. The first-order valence-electron chi connectivity index (χ1n) is 9.83. The number of amides is 2. The molecule has 1 aromatic carbocycles. The molecule has 3 rings (SSSR count). The standard InChI is InChI=1S/C20H28FN3O4/c1-3-28-20(26)24-15-5-6-16(24)12-14(11-15)22-8-9-23-19(25)13-4-7-17(21)18(10-13)27-2/h4,7,10,14-16,22H,3,5-6,8-9,11-12H2,1-2H3,(H,23,25). The molecule has 0 spiro atoms. The zero-order valence-electron chi connectivity index (χ0n) is 16.4. The number of carbonyl (C=O) groups is 2. The van der Waals surface area contributed by atoms with Gasteiger partial charge in [-0.1, -0.05) is 0 Å². The van der Waals surface area contributed by atoms with Crippen LogP contribution in [0.3, 0.4) is 0 Å². The van der Waals surface area contributed by atoms with E-state index in [0.29, 0.717) is 31.3 Å². The van der Waals surface area contributed by atoms with Crippen molar-refractivity contribution >= 4 is 12.0 Å². The molecule has 2 heterocycles. The number of rotatable bonds is 7. The lowest BCUT2D eigenvalue weighted by atomic mass is 9.98. The number of piperidine rings is 1. The molecule has 2 fully saturated rings. The fraction of sp³-hybridized carbons (Fsp3) is 0.600. The summed E-state index contributed by atoms with van der Waals surface area (Å²) < 4.78 is 23.5. The van der Waals surface area contributed by atoms with E-state index in [0.717, 1.165) is 25.7 Å². The summed E-state index contributed by atoms with van der Waals surface area (Å²) in [5.41, 5.74) is 0.360. The van der Waals surface area contributed by atoms with Gasteiger partial charge < -0.3 is 25.0 Å². The zero-order chi connectivity index (χ0) is 20.1. The van der Waals surface area contributed by atoms with Gasteiger partial charge in [-0.3, -0.25) is 4.79 Å². The quantitative estimate of drug-likeness (QED) is 0.695. The molecular weight excluding hydrogens is 365 g/mol. The van der Waals surface area contributed by atoms with Crippen LogP contribution in [0.25, 0.3) is 0 Å². The Kier molecular flexibility index (Phi) is 6.72. The second-order valence-electron chi connectivity index (χ2n) is 7.22. The van der Waals surface area contributed by atoms with E-state index in [1.807, 2.05) is 11.8 Å². The normalized spacial score (nSPS) is 23.4. The highest BCUT2D eigenvalue weighted by atomic mass is 19.1. The van der Waals surface area contributed by atoms with Gasteiger partial charge in [0, 0.05) is 36.8 Å². The van der Waals surface area contributed by atoms with Crippen LogP contribution >= 0.6 is 0 Å². The van der Waals surface area contributed by atoms with E-state index in [2.05, 4.69) is 10.6 Å². The van der Waals surface area contributed by atoms with E-state index in [9.17, 15) is 14.0 Å². The summed E-state index contributed by atoms with van der Waals surface area (Å²) in [4.78, 5) is 26.2. The summed E-state index contributed by atoms with van der Waals surface area (Å²) in [6.45, 7) is 3.32. The molecule has 2 aliphatic rings. The topological polar surface area (TPSA) is 79.9 Å². The van der Waals surface area contributed by atoms with E-state index in [1.165, 1.54) is 25.3 Å². The second-order valence-corrected chi connectivity index (χ2v) is 7.22. The lowest BCUT2D eigenvalue weighted by Crippen LogP contribution is -2.52. The first kappa shape index (κ1) is 20.4. The third-order valence-corrected chi connectivity index (χ3v) is 5.47. The van der Waals surface area contributed by atoms with E-state index in [1.54, 1.807) is 0 Å². The van der Waals surface area contributed by atoms with Crippen molar-refractivity contribution in [3.8, 4) is 5.75 Å². The average molecular weight is 393 g/mol. The molecule has 2 aliphatic heterocycles. The van der Waals surface area contributed by atoms with Crippen LogP contribution in [0.4, 0.5) is 9.18 Å². The Morgan fingerprint density at radius 2 is 1.93 bits per heavy atom. The molecule has 28 heavy (non-hydrogen) atoms. The number of carbonyl (C=O) groups excluding carboxylic acids is 2. The number of hydrogen-bond donors (Lipinski definition) is 2. The molecule has 2 N–H and O–H groups in total. The molecular formula is C20H28FN3O4. The minimum atomic E-state index is -0.496. The molecule has 2 saturated heterocycles. The van der Waals surface area contributed by atoms with Crippen LogP contribution in [-0.4, -0.2) is 61.8 Å². The number of fused-ring (bicyclic) bond motifs is 2. The van der Waals surface area contributed by atoms with Crippen molar-refractivity contribution in [1.82, 2.24) is 15.5 Å². The van der Waals surface area contributed by atoms with Crippen LogP contribution in [0, 0.1) is 5.82 Å². The minimum Gasteiger partial charge on any atom is -0.494 e. The van der Waals surface area contributed by atoms with Crippen LogP contribution in [0.5, 0.6) is 5.75 Å². The van der Waals surface area contributed by atoms with Crippen LogP contribution in [-0.2, 0) is 4.74 Å². The Morgan fingerprint density at radius 3 is 2.57 bits per heavy atom. The van der Waals surface area contributed by atoms with Gasteiger partial charge in [0.2, 0.25) is 0 Å². The zero-order valence-corrected chi connectivity index (χ0v) is 16.4. The number of nitrogens with one attached hydrogen (secondary N) is 2. The maximum absolute atomic E-state index is 13.4. The predicted octanol–water partition coefficient (Wildman–Crippen LogP) is 2.31. The summed E-state index contributed by atoms with van der Waals surface area (Å²) in [5.74, 6) is -0.712. The molecule has 2 atom stereocenters. The molecule has 2 bridgehead atoms. The maximum Gasteiger partial charge on any atom is 0.410 e. The fourth-order valence-electron chi connectivity index (χ4n) is 4.20. The lowest BCUT2D eigenvalue weighted by molar-refractivity contribution is 0.0659. The number of halogens is 1. The Bertz CT molecular complexity index is 701. The van der Waals surface area contributed by atoms with Gasteiger partial charge in [0.25, 0.3) is 5.91 Å². The number of hydrogen-bond acceptors (Lipinski definition) is 5. The molecule has 0 aromatic heterocycles. The number of ether oxygens (including phenoxy) is 2. The van der Waals surface area contributed by atoms with Gasteiger partial charge >= 0.3 is 6.09 Å². The highest BCUT2D eigenvalue weighted by Gasteiger charge is 2.43. The first-order valence-corrected chi connectivity index (χ1v) is 9.83. The first-order chi connectivity index (χ1) is 13.5. The second kappa shape index (κ2) is 9.23. The molecule has 154 valence electrons. The molecule has 2 unspecified atom stereocenters. The van der Waals surface area contributed by atoms with E-state index < -0.39 is 5.82 Å². The van der Waals surface area contributed by atoms with Crippen LogP contribution < -0.4 is 15.4 Å². The Morgan fingerprint density at radius 1 is 1.21 bits per heavy atom. The molecule has 0 radical (unpaired) electrons. The van der Waals surface area contributed by atoms with E-state index in [-0.39, 0.29) is 29.8 Å².